The fourth-order valence-electron chi connectivity index (χ4n) is 2.42. The van der Waals surface area contributed by atoms with Crippen molar-refractivity contribution in [2.45, 2.75) is 32.2 Å². The van der Waals surface area contributed by atoms with Gasteiger partial charge < -0.3 is 15.7 Å². The van der Waals surface area contributed by atoms with Gasteiger partial charge in [0.2, 0.25) is 0 Å². The molecule has 1 amide bonds. The first-order valence-corrected chi connectivity index (χ1v) is 6.81. The van der Waals surface area contributed by atoms with Gasteiger partial charge in [0.05, 0.1) is 11.0 Å². The van der Waals surface area contributed by atoms with Crippen molar-refractivity contribution in [2.24, 2.45) is 5.73 Å². The van der Waals surface area contributed by atoms with E-state index in [-0.39, 0.29) is 17.7 Å². The molecule has 1 saturated heterocycles. The van der Waals surface area contributed by atoms with Gasteiger partial charge in [0.15, 0.2) is 0 Å². The number of amides is 1. The fourth-order valence-corrected chi connectivity index (χ4v) is 2.67. The number of carbonyl (C=O) groups excluding carboxylic acids is 1. The Balaban J connectivity index is 2.26. The van der Waals surface area contributed by atoms with Gasteiger partial charge >= 0.3 is 0 Å². The van der Waals surface area contributed by atoms with E-state index in [2.05, 4.69) is 0 Å². The number of benzene rings is 1. The lowest BCUT2D eigenvalue weighted by Crippen LogP contribution is -2.49. The largest absolute Gasteiger partial charge is 0.508 e. The van der Waals surface area contributed by atoms with Crippen LogP contribution in [0.2, 0.25) is 0 Å². The molecule has 19 heavy (non-hydrogen) atoms. The van der Waals surface area contributed by atoms with Gasteiger partial charge in [-0.15, -0.1) is 0 Å². The summed E-state index contributed by atoms with van der Waals surface area (Å²) in [5.74, 6) is 0.127. The van der Waals surface area contributed by atoms with Crippen molar-refractivity contribution in [3.8, 4) is 5.75 Å². The van der Waals surface area contributed by atoms with E-state index in [1.807, 2.05) is 0 Å². The topological polar surface area (TPSA) is 66.6 Å². The lowest BCUT2D eigenvalue weighted by atomic mass is 10.00. The van der Waals surface area contributed by atoms with Gasteiger partial charge in [-0.25, -0.2) is 0 Å². The summed E-state index contributed by atoms with van der Waals surface area (Å²) in [6.07, 6.45) is 2.85. The smallest absolute Gasteiger partial charge is 0.254 e. The monoisotopic (exact) mass is 278 g/mol. The zero-order valence-corrected chi connectivity index (χ0v) is 11.7. The molecule has 1 heterocycles. The highest BCUT2D eigenvalue weighted by molar-refractivity contribution is 7.80. The number of phenols is 1. The Labute approximate surface area is 118 Å². The lowest BCUT2D eigenvalue weighted by Gasteiger charge is -2.35. The number of carbonyl (C=O) groups is 1. The minimum absolute atomic E-state index is 0.0689. The maximum absolute atomic E-state index is 12.5. The number of hydrogen-bond acceptors (Lipinski definition) is 3. The van der Waals surface area contributed by atoms with Crippen LogP contribution in [0.1, 0.15) is 35.2 Å². The molecule has 1 atom stereocenters. The summed E-state index contributed by atoms with van der Waals surface area (Å²) in [6.45, 7) is 2.45. The van der Waals surface area contributed by atoms with Gasteiger partial charge in [0.25, 0.3) is 5.91 Å². The van der Waals surface area contributed by atoms with Crippen molar-refractivity contribution in [1.29, 1.82) is 0 Å². The van der Waals surface area contributed by atoms with Gasteiger partial charge in [-0.3, -0.25) is 4.79 Å². The number of nitrogens with two attached hydrogens (primary N) is 1. The van der Waals surface area contributed by atoms with Gasteiger partial charge in [0, 0.05) is 12.1 Å². The predicted octanol–water partition coefficient (Wildman–Crippen LogP) is 1.98. The Kier molecular flexibility index (Phi) is 4.04. The quantitative estimate of drug-likeness (QED) is 0.812. The van der Waals surface area contributed by atoms with Gasteiger partial charge in [0.1, 0.15) is 5.75 Å². The number of thiocarbonyl (C=S) groups is 1. The number of piperidine rings is 1. The van der Waals surface area contributed by atoms with Crippen LogP contribution in [-0.4, -0.2) is 33.5 Å². The molecule has 1 aliphatic heterocycles. The van der Waals surface area contributed by atoms with Crippen LogP contribution >= 0.6 is 12.2 Å². The zero-order chi connectivity index (χ0) is 14.0. The van der Waals surface area contributed by atoms with Crippen LogP contribution in [0.25, 0.3) is 0 Å². The molecule has 0 radical (unpaired) electrons. The number of phenolic OH excluding ortho intramolecular Hbond substituents is 1. The van der Waals surface area contributed by atoms with Crippen molar-refractivity contribution in [2.75, 3.05) is 6.54 Å². The minimum Gasteiger partial charge on any atom is -0.508 e. The lowest BCUT2D eigenvalue weighted by molar-refractivity contribution is 0.0681. The van der Waals surface area contributed by atoms with Crippen molar-refractivity contribution >= 4 is 23.1 Å². The SMILES string of the molecule is Cc1cc(C(=O)N2CCCCC2C(N)=S)ccc1O. The number of rotatable bonds is 2. The maximum atomic E-state index is 12.5. The molecule has 5 heteroatoms. The van der Waals surface area contributed by atoms with Crippen LogP contribution in [0.5, 0.6) is 5.75 Å². The summed E-state index contributed by atoms with van der Waals surface area (Å²) in [6, 6.07) is 4.73. The molecule has 1 aliphatic rings. The molecule has 1 unspecified atom stereocenters. The van der Waals surface area contributed by atoms with E-state index in [9.17, 15) is 9.90 Å². The van der Waals surface area contributed by atoms with Crippen LogP contribution in [0.3, 0.4) is 0 Å². The molecule has 0 bridgehead atoms. The summed E-state index contributed by atoms with van der Waals surface area (Å²) in [4.78, 5) is 14.6. The Bertz CT molecular complexity index is 516. The standard InChI is InChI=1S/C14H18N2O2S/c1-9-8-10(5-6-12(9)17)14(18)16-7-3-2-4-11(16)13(15)19/h5-6,8,11,17H,2-4,7H2,1H3,(H2,15,19). The summed E-state index contributed by atoms with van der Waals surface area (Å²) in [5, 5.41) is 9.51. The highest BCUT2D eigenvalue weighted by atomic mass is 32.1. The van der Waals surface area contributed by atoms with Crippen LogP contribution in [0.15, 0.2) is 18.2 Å². The molecular weight excluding hydrogens is 260 g/mol. The third-order valence-electron chi connectivity index (χ3n) is 3.54. The summed E-state index contributed by atoms with van der Waals surface area (Å²) in [5.41, 5.74) is 6.98. The Morgan fingerprint density at radius 1 is 1.47 bits per heavy atom. The summed E-state index contributed by atoms with van der Waals surface area (Å²) >= 11 is 5.05. The number of hydrogen-bond donors (Lipinski definition) is 2. The van der Waals surface area contributed by atoms with E-state index < -0.39 is 0 Å². The molecule has 3 N–H and O–H groups in total. The van der Waals surface area contributed by atoms with E-state index in [1.165, 1.54) is 0 Å². The normalized spacial score (nSPS) is 19.2. The molecule has 1 aromatic carbocycles. The molecule has 0 saturated carbocycles. The van der Waals surface area contributed by atoms with Crippen LogP contribution < -0.4 is 5.73 Å². The zero-order valence-electron chi connectivity index (χ0n) is 10.9. The molecule has 0 aromatic heterocycles. The van der Waals surface area contributed by atoms with Gasteiger partial charge in [-0.1, -0.05) is 12.2 Å². The summed E-state index contributed by atoms with van der Waals surface area (Å²) < 4.78 is 0. The second-order valence-electron chi connectivity index (χ2n) is 4.91. The Morgan fingerprint density at radius 3 is 2.84 bits per heavy atom. The first kappa shape index (κ1) is 13.8. The van der Waals surface area contributed by atoms with Crippen LogP contribution in [0, 0.1) is 6.92 Å². The molecule has 4 nitrogen and oxygen atoms in total. The van der Waals surface area contributed by atoms with E-state index >= 15 is 0 Å². The second kappa shape index (κ2) is 5.57. The maximum Gasteiger partial charge on any atom is 0.254 e. The first-order valence-electron chi connectivity index (χ1n) is 6.40. The third kappa shape index (κ3) is 2.87. The molecule has 1 fully saturated rings. The van der Waals surface area contributed by atoms with Crippen molar-refractivity contribution in [3.63, 3.8) is 0 Å². The fraction of sp³-hybridized carbons (Fsp3) is 0.429. The van der Waals surface area contributed by atoms with E-state index in [0.29, 0.717) is 22.7 Å². The van der Waals surface area contributed by atoms with E-state index in [1.54, 1.807) is 30.0 Å². The molecule has 0 spiro atoms. The van der Waals surface area contributed by atoms with Gasteiger partial charge in [-0.05, 0) is 49.9 Å². The first-order chi connectivity index (χ1) is 9.00. The molecule has 1 aromatic rings. The minimum atomic E-state index is -0.148. The van der Waals surface area contributed by atoms with E-state index in [0.717, 1.165) is 19.3 Å². The number of aryl methyl sites for hydroxylation is 1. The van der Waals surface area contributed by atoms with Gasteiger partial charge in [-0.2, -0.15) is 0 Å². The van der Waals surface area contributed by atoms with Crippen molar-refractivity contribution < 1.29 is 9.90 Å². The third-order valence-corrected chi connectivity index (χ3v) is 3.81. The Hall–Kier alpha value is -1.62. The van der Waals surface area contributed by atoms with Crippen molar-refractivity contribution in [3.05, 3.63) is 29.3 Å². The van der Waals surface area contributed by atoms with E-state index in [4.69, 9.17) is 18.0 Å². The predicted molar refractivity (Wildman–Crippen MR) is 78.3 cm³/mol. The summed E-state index contributed by atoms with van der Waals surface area (Å²) in [7, 11) is 0. The number of nitrogens with zero attached hydrogens (tertiary/aromatic N) is 1. The Morgan fingerprint density at radius 2 is 2.21 bits per heavy atom. The van der Waals surface area contributed by atoms with Crippen LogP contribution in [-0.2, 0) is 0 Å². The van der Waals surface area contributed by atoms with Crippen LogP contribution in [0.4, 0.5) is 0 Å². The molecule has 2 rings (SSSR count). The second-order valence-corrected chi connectivity index (χ2v) is 5.39. The molecular formula is C14H18N2O2S. The average Bonchev–Trinajstić information content (AvgIpc) is 2.41. The highest BCUT2D eigenvalue weighted by Gasteiger charge is 2.29. The number of likely N-dealkylation sites (tertiary alicyclic amines) is 1. The molecule has 102 valence electrons. The molecule has 0 aliphatic carbocycles. The van der Waals surface area contributed by atoms with Crippen molar-refractivity contribution in [1.82, 2.24) is 4.90 Å². The average molecular weight is 278 g/mol. The number of aromatic hydroxyl groups is 1. The highest BCUT2D eigenvalue weighted by Crippen LogP contribution is 2.22.